The molecule has 0 radical (unpaired) electrons. The van der Waals surface area contributed by atoms with Crippen molar-refractivity contribution >= 4 is 11.9 Å². The molecular weight excluding hydrogens is 506 g/mol. The largest absolute Gasteiger partial charge is 0.489 e. The van der Waals surface area contributed by atoms with Gasteiger partial charge in [-0.15, -0.1) is 0 Å². The van der Waals surface area contributed by atoms with Crippen LogP contribution in [0.5, 0.6) is 5.75 Å². The van der Waals surface area contributed by atoms with E-state index in [2.05, 4.69) is 5.32 Å². The number of nitrogens with one attached hydrogen (secondary N) is 1. The lowest BCUT2D eigenvalue weighted by molar-refractivity contribution is -0.168. The molecule has 0 saturated carbocycles. The van der Waals surface area contributed by atoms with Gasteiger partial charge >= 0.3 is 6.09 Å². The van der Waals surface area contributed by atoms with Crippen LogP contribution in [0.15, 0.2) is 78.9 Å². The van der Waals surface area contributed by atoms with Crippen molar-refractivity contribution in [2.24, 2.45) is 0 Å². The van der Waals surface area contributed by atoms with Gasteiger partial charge in [-0.05, 0) is 74.9 Å². The summed E-state index contributed by atoms with van der Waals surface area (Å²) in [5.41, 5.74) is 2.65. The van der Waals surface area contributed by atoms with Crippen molar-refractivity contribution in [1.29, 1.82) is 0 Å². The topological polar surface area (TPSA) is 83.1 Å². The molecule has 1 aliphatic rings. The molecule has 1 heterocycles. The van der Waals surface area contributed by atoms with Gasteiger partial charge in [0.15, 0.2) is 12.1 Å². The first kappa shape index (κ1) is 29.3. The monoisotopic (exact) mass is 545 g/mol. The highest BCUT2D eigenvalue weighted by molar-refractivity contribution is 6.01. The Bertz CT molecular complexity index is 1230. The molecule has 7 nitrogen and oxygen atoms in total. The number of carbonyl (C=O) groups excluding carboxylic acids is 2. The summed E-state index contributed by atoms with van der Waals surface area (Å²) in [6.07, 6.45) is 2.46. The van der Waals surface area contributed by atoms with E-state index in [4.69, 9.17) is 18.9 Å². The second-order valence-electron chi connectivity index (χ2n) is 11.0. The first-order valence-corrected chi connectivity index (χ1v) is 13.9. The standard InChI is InChI=1S/C33H39NO6/c1-33(2,3)40-32(36)34-29(21-24-15-17-28(18-16-24)38-22-25-10-5-4-6-11-25)31(35)27-13-9-12-26(20-27)23-39-30-14-7-8-19-37-30/h4-6,9-13,15-18,20,29-30H,7-8,14,19,21-23H2,1-3H3,(H,34,36)/t29-,30?/m0/s1. The molecular formula is C33H39NO6. The van der Waals surface area contributed by atoms with Crippen molar-refractivity contribution in [2.75, 3.05) is 6.61 Å². The summed E-state index contributed by atoms with van der Waals surface area (Å²) in [6.45, 7) is 6.89. The van der Waals surface area contributed by atoms with E-state index in [0.717, 1.165) is 41.7 Å². The number of Topliss-reactive ketones (excluding diaryl/α,β-unsaturated/α-hetero) is 1. The maximum absolute atomic E-state index is 13.7. The maximum Gasteiger partial charge on any atom is 0.408 e. The zero-order valence-corrected chi connectivity index (χ0v) is 23.6. The lowest BCUT2D eigenvalue weighted by Gasteiger charge is -2.24. The van der Waals surface area contributed by atoms with E-state index in [1.165, 1.54) is 0 Å². The summed E-state index contributed by atoms with van der Waals surface area (Å²) in [5.74, 6) is 0.524. The summed E-state index contributed by atoms with van der Waals surface area (Å²) in [5, 5.41) is 2.79. The molecule has 4 rings (SSSR count). The Balaban J connectivity index is 1.44. The smallest absolute Gasteiger partial charge is 0.408 e. The molecule has 1 N–H and O–H groups in total. The predicted octanol–water partition coefficient (Wildman–Crippen LogP) is 6.63. The third-order valence-corrected chi connectivity index (χ3v) is 6.40. The average Bonchev–Trinajstić information content (AvgIpc) is 2.95. The fourth-order valence-corrected chi connectivity index (χ4v) is 4.40. The Morgan fingerprint density at radius 2 is 1.65 bits per heavy atom. The third kappa shape index (κ3) is 9.50. The van der Waals surface area contributed by atoms with Gasteiger partial charge in [0.1, 0.15) is 18.0 Å². The molecule has 3 aromatic rings. The highest BCUT2D eigenvalue weighted by atomic mass is 16.7. The number of hydrogen-bond acceptors (Lipinski definition) is 6. The van der Waals surface area contributed by atoms with Gasteiger partial charge in [-0.2, -0.15) is 0 Å². The number of ketones is 1. The Hall–Kier alpha value is -3.68. The van der Waals surface area contributed by atoms with Gasteiger partial charge < -0.3 is 24.3 Å². The van der Waals surface area contributed by atoms with Crippen LogP contribution >= 0.6 is 0 Å². The molecule has 40 heavy (non-hydrogen) atoms. The fraction of sp³-hybridized carbons (Fsp3) is 0.394. The molecule has 2 atom stereocenters. The van der Waals surface area contributed by atoms with Crippen molar-refractivity contribution in [1.82, 2.24) is 5.32 Å². The van der Waals surface area contributed by atoms with Crippen molar-refractivity contribution in [3.8, 4) is 5.75 Å². The van der Waals surface area contributed by atoms with Gasteiger partial charge in [-0.1, -0.05) is 60.7 Å². The molecule has 7 heteroatoms. The van der Waals surface area contributed by atoms with Crippen molar-refractivity contribution in [2.45, 2.75) is 77.6 Å². The van der Waals surface area contributed by atoms with Crippen LogP contribution in [0.2, 0.25) is 0 Å². The summed E-state index contributed by atoms with van der Waals surface area (Å²) < 4.78 is 22.9. The van der Waals surface area contributed by atoms with Crippen LogP contribution in [0.25, 0.3) is 0 Å². The van der Waals surface area contributed by atoms with E-state index in [1.807, 2.05) is 72.8 Å². The Kier molecular flexibility index (Phi) is 10.3. The minimum absolute atomic E-state index is 0.203. The normalized spacial score (nSPS) is 16.1. The van der Waals surface area contributed by atoms with Crippen LogP contribution in [-0.2, 0) is 33.8 Å². The lowest BCUT2D eigenvalue weighted by atomic mass is 9.96. The number of hydrogen-bond donors (Lipinski definition) is 1. The second kappa shape index (κ2) is 14.1. The number of ether oxygens (including phenoxy) is 4. The van der Waals surface area contributed by atoms with E-state index in [-0.39, 0.29) is 12.1 Å². The van der Waals surface area contributed by atoms with Crippen LogP contribution in [0.1, 0.15) is 67.1 Å². The quantitative estimate of drug-likeness (QED) is 0.273. The zero-order chi connectivity index (χ0) is 28.4. The number of rotatable bonds is 11. The Labute approximate surface area is 236 Å². The summed E-state index contributed by atoms with van der Waals surface area (Å²) in [6, 6.07) is 24.0. The molecule has 1 saturated heterocycles. The van der Waals surface area contributed by atoms with E-state index < -0.39 is 17.7 Å². The molecule has 0 spiro atoms. The minimum Gasteiger partial charge on any atom is -0.489 e. The van der Waals surface area contributed by atoms with Gasteiger partial charge in [-0.3, -0.25) is 4.79 Å². The molecule has 0 bridgehead atoms. The molecule has 0 aromatic heterocycles. The summed E-state index contributed by atoms with van der Waals surface area (Å²) in [7, 11) is 0. The molecule has 1 fully saturated rings. The Morgan fingerprint density at radius 3 is 2.35 bits per heavy atom. The highest BCUT2D eigenvalue weighted by Gasteiger charge is 2.26. The van der Waals surface area contributed by atoms with Crippen LogP contribution in [-0.4, -0.2) is 36.4 Å². The predicted molar refractivity (Wildman–Crippen MR) is 153 cm³/mol. The number of amides is 1. The zero-order valence-electron chi connectivity index (χ0n) is 23.6. The van der Waals surface area contributed by atoms with E-state index in [1.54, 1.807) is 26.8 Å². The van der Waals surface area contributed by atoms with E-state index >= 15 is 0 Å². The number of alkyl carbamates (subject to hydrolysis) is 1. The van der Waals surface area contributed by atoms with Gasteiger partial charge in [0.05, 0.1) is 12.6 Å². The van der Waals surface area contributed by atoms with Gasteiger partial charge in [0, 0.05) is 18.6 Å². The van der Waals surface area contributed by atoms with Gasteiger partial charge in [0.25, 0.3) is 0 Å². The summed E-state index contributed by atoms with van der Waals surface area (Å²) in [4.78, 5) is 26.3. The molecule has 1 unspecified atom stereocenters. The van der Waals surface area contributed by atoms with Crippen molar-refractivity contribution < 1.29 is 28.5 Å². The Morgan fingerprint density at radius 1 is 0.900 bits per heavy atom. The summed E-state index contributed by atoms with van der Waals surface area (Å²) >= 11 is 0. The highest BCUT2D eigenvalue weighted by Crippen LogP contribution is 2.19. The number of carbonyl (C=O) groups is 2. The van der Waals surface area contributed by atoms with Crippen LogP contribution < -0.4 is 10.1 Å². The maximum atomic E-state index is 13.7. The first-order valence-electron chi connectivity index (χ1n) is 13.9. The lowest BCUT2D eigenvalue weighted by Crippen LogP contribution is -2.44. The fourth-order valence-electron chi connectivity index (χ4n) is 4.40. The molecule has 3 aromatic carbocycles. The third-order valence-electron chi connectivity index (χ3n) is 6.40. The average molecular weight is 546 g/mol. The molecule has 1 aliphatic heterocycles. The minimum atomic E-state index is -0.816. The molecule has 0 aliphatic carbocycles. The van der Waals surface area contributed by atoms with Crippen LogP contribution in [0.3, 0.4) is 0 Å². The second-order valence-corrected chi connectivity index (χ2v) is 11.0. The van der Waals surface area contributed by atoms with Gasteiger partial charge in [-0.25, -0.2) is 4.79 Å². The first-order chi connectivity index (χ1) is 19.2. The van der Waals surface area contributed by atoms with Gasteiger partial charge in [0.2, 0.25) is 0 Å². The molecule has 1 amide bonds. The number of benzene rings is 3. The van der Waals surface area contributed by atoms with E-state index in [0.29, 0.717) is 31.8 Å². The van der Waals surface area contributed by atoms with Crippen molar-refractivity contribution in [3.05, 3.63) is 101 Å². The molecule has 212 valence electrons. The van der Waals surface area contributed by atoms with E-state index in [9.17, 15) is 9.59 Å². The SMILES string of the molecule is CC(C)(C)OC(=O)N[C@@H](Cc1ccc(OCc2ccccc2)cc1)C(=O)c1cccc(COC2CCCCO2)c1. The van der Waals surface area contributed by atoms with Crippen molar-refractivity contribution in [3.63, 3.8) is 0 Å². The van der Waals surface area contributed by atoms with Crippen LogP contribution in [0.4, 0.5) is 4.79 Å². The van der Waals surface area contributed by atoms with Crippen LogP contribution in [0, 0.1) is 0 Å².